The molecule has 1 aliphatic rings. The van der Waals surface area contributed by atoms with Crippen LogP contribution in [-0.2, 0) is 0 Å². The molecule has 0 radical (unpaired) electrons. The highest BCUT2D eigenvalue weighted by Crippen LogP contribution is 2.25. The molecular formula is C25H29BrN2O2. The van der Waals surface area contributed by atoms with Gasteiger partial charge in [0, 0.05) is 42.9 Å². The molecule has 1 fully saturated rings. The third kappa shape index (κ3) is 5.15. The Kier molecular flexibility index (Phi) is 6.61. The Balaban J connectivity index is 1.26. The van der Waals surface area contributed by atoms with Crippen LogP contribution in [-0.4, -0.2) is 55.4 Å². The van der Waals surface area contributed by atoms with Crippen molar-refractivity contribution in [3.63, 3.8) is 0 Å². The maximum absolute atomic E-state index is 10.5. The molecule has 3 aromatic carbocycles. The van der Waals surface area contributed by atoms with Gasteiger partial charge in [0.2, 0.25) is 0 Å². The van der Waals surface area contributed by atoms with Gasteiger partial charge in [-0.15, -0.1) is 0 Å². The summed E-state index contributed by atoms with van der Waals surface area (Å²) in [5.41, 5.74) is 3.96. The maximum atomic E-state index is 10.5. The average molecular weight is 469 g/mol. The summed E-state index contributed by atoms with van der Waals surface area (Å²) in [6.07, 6.45) is -0.502. The fourth-order valence-corrected chi connectivity index (χ4v) is 4.54. The van der Waals surface area contributed by atoms with Crippen molar-refractivity contribution in [3.05, 3.63) is 70.2 Å². The van der Waals surface area contributed by atoms with Gasteiger partial charge in [-0.05, 0) is 60.5 Å². The summed E-state index contributed by atoms with van der Waals surface area (Å²) in [7, 11) is 0. The number of aryl methyl sites for hydroxylation is 2. The lowest BCUT2D eigenvalue weighted by molar-refractivity contribution is 0.0663. The van der Waals surface area contributed by atoms with E-state index < -0.39 is 6.10 Å². The maximum Gasteiger partial charge on any atom is 0.120 e. The van der Waals surface area contributed by atoms with E-state index in [0.717, 1.165) is 41.8 Å². The second-order valence-corrected chi connectivity index (χ2v) is 9.11. The molecular weight excluding hydrogens is 440 g/mol. The topological polar surface area (TPSA) is 35.9 Å². The zero-order valence-corrected chi connectivity index (χ0v) is 19.2. The zero-order chi connectivity index (χ0) is 21.1. The monoisotopic (exact) mass is 468 g/mol. The van der Waals surface area contributed by atoms with E-state index in [0.29, 0.717) is 13.2 Å². The van der Waals surface area contributed by atoms with Crippen LogP contribution in [0.3, 0.4) is 0 Å². The second kappa shape index (κ2) is 9.38. The highest BCUT2D eigenvalue weighted by molar-refractivity contribution is 9.10. The number of rotatable bonds is 6. The molecule has 1 aliphatic heterocycles. The quantitative estimate of drug-likeness (QED) is 0.564. The third-order valence-corrected chi connectivity index (χ3v) is 6.24. The highest BCUT2D eigenvalue weighted by Gasteiger charge is 2.20. The van der Waals surface area contributed by atoms with Crippen LogP contribution >= 0.6 is 15.9 Å². The predicted molar refractivity (Wildman–Crippen MR) is 128 cm³/mol. The molecule has 30 heavy (non-hydrogen) atoms. The van der Waals surface area contributed by atoms with Gasteiger partial charge in [0.05, 0.1) is 0 Å². The largest absolute Gasteiger partial charge is 0.491 e. The van der Waals surface area contributed by atoms with Crippen LogP contribution in [0.5, 0.6) is 5.75 Å². The van der Waals surface area contributed by atoms with E-state index in [1.165, 1.54) is 22.2 Å². The summed E-state index contributed by atoms with van der Waals surface area (Å²) in [6, 6.07) is 18.9. The Bertz CT molecular complexity index is 1020. The minimum absolute atomic E-state index is 0.305. The molecule has 3 aromatic rings. The van der Waals surface area contributed by atoms with Crippen LogP contribution in [0.1, 0.15) is 11.1 Å². The third-order valence-electron chi connectivity index (χ3n) is 5.75. The molecule has 0 bridgehead atoms. The predicted octanol–water partition coefficient (Wildman–Crippen LogP) is 4.78. The SMILES string of the molecule is Cc1ccc(N2CCN(CC(O)COc3ccc4cc(Br)ccc4c3)CC2)c(C)c1. The van der Waals surface area contributed by atoms with Crippen molar-refractivity contribution in [2.75, 3.05) is 44.2 Å². The van der Waals surface area contributed by atoms with Gasteiger partial charge in [0.1, 0.15) is 18.5 Å². The number of fused-ring (bicyclic) bond motifs is 1. The standard InChI is InChI=1S/C25H29BrN2O2/c1-18-3-8-25(19(2)13-18)28-11-9-27(10-12-28)16-23(29)17-30-24-7-5-20-14-22(26)6-4-21(20)15-24/h3-8,13-15,23,29H,9-12,16-17H2,1-2H3. The molecule has 1 atom stereocenters. The summed E-state index contributed by atoms with van der Waals surface area (Å²) in [5, 5.41) is 12.8. The molecule has 0 amide bonds. The minimum atomic E-state index is -0.502. The number of halogens is 1. The number of β-amino-alcohol motifs (C(OH)–C–C–N with tert-alkyl or cyclic N) is 1. The van der Waals surface area contributed by atoms with Crippen LogP contribution in [0.25, 0.3) is 10.8 Å². The van der Waals surface area contributed by atoms with Crippen molar-refractivity contribution < 1.29 is 9.84 Å². The zero-order valence-electron chi connectivity index (χ0n) is 17.6. The second-order valence-electron chi connectivity index (χ2n) is 8.20. The molecule has 5 heteroatoms. The lowest BCUT2D eigenvalue weighted by Crippen LogP contribution is -2.49. The van der Waals surface area contributed by atoms with Gasteiger partial charge in [0.15, 0.2) is 0 Å². The van der Waals surface area contributed by atoms with E-state index in [1.807, 2.05) is 24.3 Å². The Hall–Kier alpha value is -2.08. The Morgan fingerprint density at radius 3 is 2.43 bits per heavy atom. The number of piperazine rings is 1. The average Bonchev–Trinajstić information content (AvgIpc) is 2.73. The molecule has 0 aliphatic carbocycles. The van der Waals surface area contributed by atoms with Crippen molar-refractivity contribution >= 4 is 32.4 Å². The fourth-order valence-electron chi connectivity index (χ4n) is 4.16. The van der Waals surface area contributed by atoms with Gasteiger partial charge in [0.25, 0.3) is 0 Å². The van der Waals surface area contributed by atoms with Crippen molar-refractivity contribution in [2.45, 2.75) is 20.0 Å². The molecule has 4 rings (SSSR count). The molecule has 4 nitrogen and oxygen atoms in total. The van der Waals surface area contributed by atoms with Crippen LogP contribution in [0.4, 0.5) is 5.69 Å². The first-order chi connectivity index (χ1) is 14.5. The van der Waals surface area contributed by atoms with Crippen LogP contribution in [0.2, 0.25) is 0 Å². The number of hydrogen-bond acceptors (Lipinski definition) is 4. The van der Waals surface area contributed by atoms with Gasteiger partial charge >= 0.3 is 0 Å². The van der Waals surface area contributed by atoms with Crippen molar-refractivity contribution in [1.29, 1.82) is 0 Å². The molecule has 0 aromatic heterocycles. The summed E-state index contributed by atoms with van der Waals surface area (Å²) in [5.74, 6) is 0.795. The first-order valence-corrected chi connectivity index (χ1v) is 11.3. The normalized spacial score (nSPS) is 16.1. The smallest absolute Gasteiger partial charge is 0.120 e. The minimum Gasteiger partial charge on any atom is -0.491 e. The molecule has 1 saturated heterocycles. The van der Waals surface area contributed by atoms with E-state index in [1.54, 1.807) is 0 Å². The molecule has 0 saturated carbocycles. The van der Waals surface area contributed by atoms with E-state index in [9.17, 15) is 5.11 Å². The summed E-state index contributed by atoms with van der Waals surface area (Å²) < 4.78 is 6.93. The van der Waals surface area contributed by atoms with Crippen molar-refractivity contribution in [3.8, 4) is 5.75 Å². The van der Waals surface area contributed by atoms with Crippen LogP contribution in [0, 0.1) is 13.8 Å². The number of benzene rings is 3. The summed E-state index contributed by atoms with van der Waals surface area (Å²) in [4.78, 5) is 4.77. The number of hydrogen-bond donors (Lipinski definition) is 1. The summed E-state index contributed by atoms with van der Waals surface area (Å²) >= 11 is 3.50. The lowest BCUT2D eigenvalue weighted by Gasteiger charge is -2.37. The van der Waals surface area contributed by atoms with Crippen molar-refractivity contribution in [1.82, 2.24) is 4.90 Å². The molecule has 1 N–H and O–H groups in total. The number of ether oxygens (including phenoxy) is 1. The van der Waals surface area contributed by atoms with Gasteiger partial charge in [-0.2, -0.15) is 0 Å². The summed E-state index contributed by atoms with van der Waals surface area (Å²) in [6.45, 7) is 9.14. The van der Waals surface area contributed by atoms with Gasteiger partial charge in [-0.3, -0.25) is 4.90 Å². The Morgan fingerprint density at radius 1 is 0.933 bits per heavy atom. The van der Waals surface area contributed by atoms with E-state index in [-0.39, 0.29) is 0 Å². The molecule has 158 valence electrons. The first-order valence-electron chi connectivity index (χ1n) is 10.5. The molecule has 1 unspecified atom stereocenters. The van der Waals surface area contributed by atoms with Crippen molar-refractivity contribution in [2.24, 2.45) is 0 Å². The van der Waals surface area contributed by atoms with E-state index in [2.05, 4.69) is 69.9 Å². The fraction of sp³-hybridized carbons (Fsp3) is 0.360. The number of aliphatic hydroxyl groups is 1. The van der Waals surface area contributed by atoms with Gasteiger partial charge in [-0.1, -0.05) is 45.8 Å². The number of aliphatic hydroxyl groups excluding tert-OH is 1. The van der Waals surface area contributed by atoms with Gasteiger partial charge < -0.3 is 14.7 Å². The number of nitrogens with zero attached hydrogens (tertiary/aromatic N) is 2. The first kappa shape index (κ1) is 21.2. The Morgan fingerprint density at radius 2 is 1.67 bits per heavy atom. The Labute approximate surface area is 187 Å². The van der Waals surface area contributed by atoms with E-state index >= 15 is 0 Å². The van der Waals surface area contributed by atoms with Crippen LogP contribution < -0.4 is 9.64 Å². The highest BCUT2D eigenvalue weighted by atomic mass is 79.9. The van der Waals surface area contributed by atoms with E-state index in [4.69, 9.17) is 4.74 Å². The molecule has 1 heterocycles. The number of anilines is 1. The van der Waals surface area contributed by atoms with Gasteiger partial charge in [-0.25, -0.2) is 0 Å². The van der Waals surface area contributed by atoms with Crippen LogP contribution in [0.15, 0.2) is 59.1 Å². The molecule has 0 spiro atoms. The lowest BCUT2D eigenvalue weighted by atomic mass is 10.1.